The second kappa shape index (κ2) is 7.69. The number of rotatable bonds is 7. The topological polar surface area (TPSA) is 41.1 Å². The summed E-state index contributed by atoms with van der Waals surface area (Å²) in [6.45, 7) is 11.3. The van der Waals surface area contributed by atoms with Gasteiger partial charge in [-0.2, -0.15) is 0 Å². The number of nitrogens with one attached hydrogen (secondary N) is 2. The summed E-state index contributed by atoms with van der Waals surface area (Å²) >= 11 is 0. The zero-order valence-corrected chi connectivity index (χ0v) is 10.8. The number of hydrogen-bond acceptors (Lipinski definition) is 2. The number of carbonyl (C=O) groups is 1. The van der Waals surface area contributed by atoms with Crippen LogP contribution in [0.4, 0.5) is 0 Å². The molecule has 15 heavy (non-hydrogen) atoms. The molecule has 0 aliphatic heterocycles. The van der Waals surface area contributed by atoms with E-state index in [1.807, 2.05) is 13.8 Å². The summed E-state index contributed by atoms with van der Waals surface area (Å²) in [4.78, 5) is 11.6. The van der Waals surface area contributed by atoms with Crippen molar-refractivity contribution in [3.63, 3.8) is 0 Å². The molecule has 1 amide bonds. The van der Waals surface area contributed by atoms with Crippen molar-refractivity contribution in [2.45, 2.75) is 59.5 Å². The molecule has 0 bridgehead atoms. The van der Waals surface area contributed by atoms with E-state index in [0.717, 1.165) is 19.4 Å². The number of amides is 1. The molecule has 0 spiro atoms. The minimum atomic E-state index is -0.0898. The van der Waals surface area contributed by atoms with Gasteiger partial charge in [-0.25, -0.2) is 0 Å². The van der Waals surface area contributed by atoms with Gasteiger partial charge in [0.1, 0.15) is 0 Å². The quantitative estimate of drug-likeness (QED) is 0.680. The van der Waals surface area contributed by atoms with E-state index in [9.17, 15) is 4.79 Å². The summed E-state index contributed by atoms with van der Waals surface area (Å²) in [6, 6.07) is 0.179. The SMILES string of the molecule is CCC(C)CNC(C)C(=O)NC(C)CC. The Bertz CT molecular complexity index is 182. The first-order valence-electron chi connectivity index (χ1n) is 6.04. The molecule has 3 nitrogen and oxygen atoms in total. The maximum Gasteiger partial charge on any atom is 0.237 e. The van der Waals surface area contributed by atoms with E-state index in [1.165, 1.54) is 0 Å². The molecule has 0 rings (SSSR count). The molecule has 90 valence electrons. The van der Waals surface area contributed by atoms with E-state index >= 15 is 0 Å². The monoisotopic (exact) mass is 214 g/mol. The molecule has 0 aromatic heterocycles. The molecule has 0 aliphatic carbocycles. The number of carbonyl (C=O) groups excluding carboxylic acids is 1. The Morgan fingerprint density at radius 3 is 2.20 bits per heavy atom. The van der Waals surface area contributed by atoms with E-state index in [1.54, 1.807) is 0 Å². The third-order valence-electron chi connectivity index (χ3n) is 2.86. The van der Waals surface area contributed by atoms with Gasteiger partial charge >= 0.3 is 0 Å². The summed E-state index contributed by atoms with van der Waals surface area (Å²) in [5.41, 5.74) is 0. The zero-order valence-electron chi connectivity index (χ0n) is 10.8. The minimum absolute atomic E-state index is 0.0898. The van der Waals surface area contributed by atoms with Crippen molar-refractivity contribution in [2.24, 2.45) is 5.92 Å². The summed E-state index contributed by atoms with van der Waals surface area (Å²) < 4.78 is 0. The standard InChI is InChI=1S/C12H26N2O/c1-6-9(3)8-13-11(5)12(15)14-10(4)7-2/h9-11,13H,6-8H2,1-5H3,(H,14,15). The first kappa shape index (κ1) is 14.4. The molecule has 0 heterocycles. The van der Waals surface area contributed by atoms with Gasteiger partial charge in [-0.3, -0.25) is 4.79 Å². The smallest absolute Gasteiger partial charge is 0.237 e. The van der Waals surface area contributed by atoms with Gasteiger partial charge < -0.3 is 10.6 Å². The highest BCUT2D eigenvalue weighted by atomic mass is 16.2. The lowest BCUT2D eigenvalue weighted by atomic mass is 10.1. The predicted octanol–water partition coefficient (Wildman–Crippen LogP) is 1.93. The van der Waals surface area contributed by atoms with Crippen LogP contribution < -0.4 is 10.6 Å². The Labute approximate surface area is 94.0 Å². The molecule has 3 heteroatoms. The van der Waals surface area contributed by atoms with Gasteiger partial charge in [0.25, 0.3) is 0 Å². The van der Waals surface area contributed by atoms with Crippen molar-refractivity contribution in [1.29, 1.82) is 0 Å². The maximum atomic E-state index is 11.6. The highest BCUT2D eigenvalue weighted by molar-refractivity contribution is 5.81. The van der Waals surface area contributed by atoms with Gasteiger partial charge in [0.15, 0.2) is 0 Å². The summed E-state index contributed by atoms with van der Waals surface area (Å²) in [5.74, 6) is 0.733. The van der Waals surface area contributed by atoms with Crippen LogP contribution in [0.15, 0.2) is 0 Å². The van der Waals surface area contributed by atoms with Gasteiger partial charge in [0, 0.05) is 6.04 Å². The summed E-state index contributed by atoms with van der Waals surface area (Å²) in [7, 11) is 0. The minimum Gasteiger partial charge on any atom is -0.352 e. The molecule has 0 fully saturated rings. The molecule has 0 aliphatic rings. The highest BCUT2D eigenvalue weighted by Gasteiger charge is 2.14. The van der Waals surface area contributed by atoms with Crippen molar-refractivity contribution in [3.8, 4) is 0 Å². The Hall–Kier alpha value is -0.570. The molecule has 0 radical (unpaired) electrons. The maximum absolute atomic E-state index is 11.6. The molecule has 0 aromatic carbocycles. The Kier molecular flexibility index (Phi) is 7.39. The van der Waals surface area contributed by atoms with Gasteiger partial charge in [-0.15, -0.1) is 0 Å². The van der Waals surface area contributed by atoms with Gasteiger partial charge in [-0.05, 0) is 32.7 Å². The molecule has 3 unspecified atom stereocenters. The Morgan fingerprint density at radius 2 is 1.73 bits per heavy atom. The molecule has 3 atom stereocenters. The van der Waals surface area contributed by atoms with Crippen LogP contribution in [0.3, 0.4) is 0 Å². The van der Waals surface area contributed by atoms with Crippen molar-refractivity contribution < 1.29 is 4.79 Å². The third kappa shape index (κ3) is 6.50. The molecule has 0 aromatic rings. The molecule has 2 N–H and O–H groups in total. The Morgan fingerprint density at radius 1 is 1.13 bits per heavy atom. The fourth-order valence-corrected chi connectivity index (χ4v) is 1.08. The summed E-state index contributed by atoms with van der Waals surface area (Å²) in [5, 5.41) is 6.22. The molecule has 0 saturated heterocycles. The van der Waals surface area contributed by atoms with Gasteiger partial charge in [0.05, 0.1) is 6.04 Å². The normalized spacial score (nSPS) is 16.9. The van der Waals surface area contributed by atoms with Gasteiger partial charge in [0.2, 0.25) is 5.91 Å². The number of hydrogen-bond donors (Lipinski definition) is 2. The average Bonchev–Trinajstić information content (AvgIpc) is 2.24. The predicted molar refractivity (Wildman–Crippen MR) is 64.8 cm³/mol. The first-order chi connectivity index (χ1) is 7.01. The fraction of sp³-hybridized carbons (Fsp3) is 0.917. The van der Waals surface area contributed by atoms with Crippen LogP contribution in [0.1, 0.15) is 47.5 Å². The molecule has 0 saturated carbocycles. The molecular formula is C12H26N2O. The van der Waals surface area contributed by atoms with Crippen molar-refractivity contribution in [3.05, 3.63) is 0 Å². The van der Waals surface area contributed by atoms with Crippen LogP contribution in [0, 0.1) is 5.92 Å². The van der Waals surface area contributed by atoms with E-state index in [-0.39, 0.29) is 18.0 Å². The van der Waals surface area contributed by atoms with Crippen molar-refractivity contribution in [1.82, 2.24) is 10.6 Å². The van der Waals surface area contributed by atoms with E-state index < -0.39 is 0 Å². The lowest BCUT2D eigenvalue weighted by molar-refractivity contribution is -0.123. The van der Waals surface area contributed by atoms with Crippen LogP contribution in [0.2, 0.25) is 0 Å². The van der Waals surface area contributed by atoms with Crippen molar-refractivity contribution in [2.75, 3.05) is 6.54 Å². The van der Waals surface area contributed by atoms with Crippen molar-refractivity contribution >= 4 is 5.91 Å². The van der Waals surface area contributed by atoms with E-state index in [2.05, 4.69) is 31.4 Å². The average molecular weight is 214 g/mol. The second-order valence-corrected chi connectivity index (χ2v) is 4.46. The van der Waals surface area contributed by atoms with E-state index in [0.29, 0.717) is 5.92 Å². The lowest BCUT2D eigenvalue weighted by Crippen LogP contribution is -2.46. The lowest BCUT2D eigenvalue weighted by Gasteiger charge is -2.19. The van der Waals surface area contributed by atoms with E-state index in [4.69, 9.17) is 0 Å². The second-order valence-electron chi connectivity index (χ2n) is 4.46. The zero-order chi connectivity index (χ0) is 11.8. The highest BCUT2D eigenvalue weighted by Crippen LogP contribution is 1.98. The van der Waals surface area contributed by atoms with Crippen LogP contribution in [-0.2, 0) is 4.79 Å². The third-order valence-corrected chi connectivity index (χ3v) is 2.86. The molecular weight excluding hydrogens is 188 g/mol. The summed E-state index contributed by atoms with van der Waals surface area (Å²) in [6.07, 6.45) is 2.12. The van der Waals surface area contributed by atoms with Crippen LogP contribution in [0.5, 0.6) is 0 Å². The largest absolute Gasteiger partial charge is 0.352 e. The van der Waals surface area contributed by atoms with Crippen LogP contribution in [-0.4, -0.2) is 24.5 Å². The Balaban J connectivity index is 3.78. The van der Waals surface area contributed by atoms with Gasteiger partial charge in [-0.1, -0.05) is 27.2 Å². The van der Waals surface area contributed by atoms with Crippen LogP contribution >= 0.6 is 0 Å². The van der Waals surface area contributed by atoms with Crippen LogP contribution in [0.25, 0.3) is 0 Å². The fourth-order valence-electron chi connectivity index (χ4n) is 1.08. The first-order valence-corrected chi connectivity index (χ1v) is 6.04.